The van der Waals surface area contributed by atoms with Crippen molar-refractivity contribution in [3.8, 4) is 0 Å². The maximum Gasteiger partial charge on any atom is 0.323 e. The SMILES string of the molecule is CC(C)(C)OC(=O)[C@H]1CCCN1Cc1ccc(F)cc1F. The number of carbonyl (C=O) groups is 1. The lowest BCUT2D eigenvalue weighted by Gasteiger charge is -2.27. The number of nitrogens with zero attached hydrogens (tertiary/aromatic N) is 1. The molecule has 21 heavy (non-hydrogen) atoms. The fourth-order valence-corrected chi connectivity index (χ4v) is 2.52. The van der Waals surface area contributed by atoms with Gasteiger partial charge < -0.3 is 4.74 Å². The van der Waals surface area contributed by atoms with E-state index in [4.69, 9.17) is 4.74 Å². The number of rotatable bonds is 3. The Labute approximate surface area is 123 Å². The summed E-state index contributed by atoms with van der Waals surface area (Å²) in [6.07, 6.45) is 1.57. The number of likely N-dealkylation sites (tertiary alicyclic amines) is 1. The third-order valence-corrected chi connectivity index (χ3v) is 3.43. The Bertz CT molecular complexity index is 525. The Morgan fingerprint density at radius 1 is 1.38 bits per heavy atom. The zero-order valence-electron chi connectivity index (χ0n) is 12.7. The van der Waals surface area contributed by atoms with Crippen LogP contribution in [0.5, 0.6) is 0 Å². The summed E-state index contributed by atoms with van der Waals surface area (Å²) in [7, 11) is 0. The van der Waals surface area contributed by atoms with Crippen molar-refractivity contribution in [3.05, 3.63) is 35.4 Å². The van der Waals surface area contributed by atoms with Crippen LogP contribution in [0.15, 0.2) is 18.2 Å². The van der Waals surface area contributed by atoms with Gasteiger partial charge in [0.05, 0.1) is 0 Å². The van der Waals surface area contributed by atoms with Gasteiger partial charge >= 0.3 is 5.97 Å². The van der Waals surface area contributed by atoms with Crippen LogP contribution in [0.2, 0.25) is 0 Å². The quantitative estimate of drug-likeness (QED) is 0.802. The first-order chi connectivity index (χ1) is 9.76. The predicted octanol–water partition coefficient (Wildman–Crippen LogP) is 3.27. The number of ether oxygens (including phenoxy) is 1. The molecule has 1 aliphatic rings. The van der Waals surface area contributed by atoms with Crippen LogP contribution in [0.4, 0.5) is 8.78 Å². The Morgan fingerprint density at radius 3 is 2.71 bits per heavy atom. The highest BCUT2D eigenvalue weighted by Gasteiger charge is 2.34. The van der Waals surface area contributed by atoms with E-state index in [9.17, 15) is 13.6 Å². The highest BCUT2D eigenvalue weighted by atomic mass is 19.1. The maximum atomic E-state index is 13.7. The molecule has 0 aromatic heterocycles. The number of hydrogen-bond acceptors (Lipinski definition) is 3. The van der Waals surface area contributed by atoms with Crippen LogP contribution in [0, 0.1) is 11.6 Å². The standard InChI is InChI=1S/C16H21F2NO2/c1-16(2,3)21-15(20)14-5-4-8-19(14)10-11-6-7-12(17)9-13(11)18/h6-7,9,14H,4-5,8,10H2,1-3H3/t14-/m1/s1. The molecule has 0 aliphatic carbocycles. The van der Waals surface area contributed by atoms with Gasteiger partial charge in [0.25, 0.3) is 0 Å². The molecule has 5 heteroatoms. The van der Waals surface area contributed by atoms with E-state index in [0.29, 0.717) is 18.5 Å². The summed E-state index contributed by atoms with van der Waals surface area (Å²) in [6.45, 7) is 6.47. The molecule has 1 atom stereocenters. The molecule has 3 nitrogen and oxygen atoms in total. The van der Waals surface area contributed by atoms with Crippen LogP contribution in [-0.4, -0.2) is 29.1 Å². The lowest BCUT2D eigenvalue weighted by Crippen LogP contribution is -2.40. The zero-order chi connectivity index (χ0) is 15.6. The normalized spacial score (nSPS) is 19.8. The molecule has 2 rings (SSSR count). The van der Waals surface area contributed by atoms with Gasteiger partial charge in [-0.2, -0.15) is 0 Å². The van der Waals surface area contributed by atoms with E-state index in [1.54, 1.807) is 0 Å². The molecule has 1 aromatic carbocycles. The molecule has 0 spiro atoms. The van der Waals surface area contributed by atoms with E-state index in [-0.39, 0.29) is 18.6 Å². The van der Waals surface area contributed by atoms with Crippen LogP contribution < -0.4 is 0 Å². The second-order valence-electron chi connectivity index (χ2n) is 6.40. The van der Waals surface area contributed by atoms with Gasteiger partial charge in [0.2, 0.25) is 0 Å². The topological polar surface area (TPSA) is 29.5 Å². The third-order valence-electron chi connectivity index (χ3n) is 3.43. The van der Waals surface area contributed by atoms with Gasteiger partial charge in [-0.1, -0.05) is 6.07 Å². The number of benzene rings is 1. The van der Waals surface area contributed by atoms with E-state index in [2.05, 4.69) is 0 Å². The predicted molar refractivity (Wildman–Crippen MR) is 75.6 cm³/mol. The monoisotopic (exact) mass is 297 g/mol. The van der Waals surface area contributed by atoms with Gasteiger partial charge in [-0.3, -0.25) is 9.69 Å². The number of halogens is 2. The van der Waals surface area contributed by atoms with Gasteiger partial charge in [0.15, 0.2) is 0 Å². The van der Waals surface area contributed by atoms with Crippen LogP contribution in [0.3, 0.4) is 0 Å². The Hall–Kier alpha value is -1.49. The van der Waals surface area contributed by atoms with Crippen molar-refractivity contribution in [1.29, 1.82) is 0 Å². The van der Waals surface area contributed by atoms with Crippen molar-refractivity contribution < 1.29 is 18.3 Å². The average Bonchev–Trinajstić information content (AvgIpc) is 2.79. The van der Waals surface area contributed by atoms with Gasteiger partial charge in [-0.25, -0.2) is 8.78 Å². The molecular weight excluding hydrogens is 276 g/mol. The lowest BCUT2D eigenvalue weighted by molar-refractivity contribution is -0.160. The van der Waals surface area contributed by atoms with Crippen molar-refractivity contribution in [1.82, 2.24) is 4.90 Å². The molecule has 0 amide bonds. The van der Waals surface area contributed by atoms with Crippen molar-refractivity contribution in [2.75, 3.05) is 6.54 Å². The van der Waals surface area contributed by atoms with Gasteiger partial charge in [-0.15, -0.1) is 0 Å². The summed E-state index contributed by atoms with van der Waals surface area (Å²) in [5, 5.41) is 0. The van der Waals surface area contributed by atoms with Gasteiger partial charge in [0, 0.05) is 18.2 Å². The first-order valence-corrected chi connectivity index (χ1v) is 7.17. The van der Waals surface area contributed by atoms with Crippen LogP contribution >= 0.6 is 0 Å². The van der Waals surface area contributed by atoms with E-state index in [1.165, 1.54) is 12.1 Å². The molecule has 1 heterocycles. The zero-order valence-corrected chi connectivity index (χ0v) is 12.7. The van der Waals surface area contributed by atoms with Gasteiger partial charge in [-0.05, 0) is 46.2 Å². The number of carbonyl (C=O) groups excluding carboxylic acids is 1. The fourth-order valence-electron chi connectivity index (χ4n) is 2.52. The summed E-state index contributed by atoms with van der Waals surface area (Å²) in [5.74, 6) is -1.45. The average molecular weight is 297 g/mol. The van der Waals surface area contributed by atoms with Crippen molar-refractivity contribution in [2.45, 2.75) is 51.8 Å². The first-order valence-electron chi connectivity index (χ1n) is 7.17. The lowest BCUT2D eigenvalue weighted by atomic mass is 10.1. The molecule has 0 N–H and O–H groups in total. The second-order valence-corrected chi connectivity index (χ2v) is 6.40. The molecule has 1 aliphatic heterocycles. The van der Waals surface area contributed by atoms with Crippen molar-refractivity contribution in [3.63, 3.8) is 0 Å². The summed E-state index contributed by atoms with van der Waals surface area (Å²) < 4.78 is 32.0. The minimum absolute atomic E-state index is 0.275. The van der Waals surface area contributed by atoms with Crippen molar-refractivity contribution in [2.24, 2.45) is 0 Å². The Balaban J connectivity index is 2.06. The minimum atomic E-state index is -0.596. The summed E-state index contributed by atoms with van der Waals surface area (Å²) in [6, 6.07) is 3.17. The van der Waals surface area contributed by atoms with Crippen LogP contribution in [0.25, 0.3) is 0 Å². The smallest absolute Gasteiger partial charge is 0.323 e. The fraction of sp³-hybridized carbons (Fsp3) is 0.562. The molecule has 0 saturated carbocycles. The van der Waals surface area contributed by atoms with E-state index in [1.807, 2.05) is 25.7 Å². The minimum Gasteiger partial charge on any atom is -0.459 e. The molecule has 0 unspecified atom stereocenters. The van der Waals surface area contributed by atoms with Crippen LogP contribution in [-0.2, 0) is 16.1 Å². The molecule has 0 bridgehead atoms. The van der Waals surface area contributed by atoms with E-state index in [0.717, 1.165) is 12.5 Å². The maximum absolute atomic E-state index is 13.7. The number of hydrogen-bond donors (Lipinski definition) is 0. The first kappa shape index (κ1) is 15.9. The van der Waals surface area contributed by atoms with Crippen molar-refractivity contribution >= 4 is 5.97 Å². The van der Waals surface area contributed by atoms with Crippen LogP contribution in [0.1, 0.15) is 39.2 Å². The third kappa shape index (κ3) is 4.24. The molecule has 116 valence electrons. The van der Waals surface area contributed by atoms with E-state index >= 15 is 0 Å². The molecule has 1 aromatic rings. The summed E-state index contributed by atoms with van der Waals surface area (Å²) in [4.78, 5) is 14.1. The highest BCUT2D eigenvalue weighted by Crippen LogP contribution is 2.24. The van der Waals surface area contributed by atoms with Gasteiger partial charge in [0.1, 0.15) is 23.3 Å². The summed E-state index contributed by atoms with van der Waals surface area (Å²) >= 11 is 0. The molecule has 0 radical (unpaired) electrons. The Kier molecular flexibility index (Phi) is 4.61. The second kappa shape index (κ2) is 6.10. The highest BCUT2D eigenvalue weighted by molar-refractivity contribution is 5.76. The molecule has 1 fully saturated rings. The van der Waals surface area contributed by atoms with E-state index < -0.39 is 17.2 Å². The Morgan fingerprint density at radius 2 is 2.10 bits per heavy atom. The molecule has 1 saturated heterocycles. The number of esters is 1. The largest absolute Gasteiger partial charge is 0.459 e. The summed E-state index contributed by atoms with van der Waals surface area (Å²) in [5.41, 5.74) is -0.140. The molecular formula is C16H21F2NO2.